The van der Waals surface area contributed by atoms with Gasteiger partial charge in [-0.15, -0.1) is 11.8 Å². The number of halogens is 3. The highest BCUT2D eigenvalue weighted by molar-refractivity contribution is 8.11. The zero-order valence-corrected chi connectivity index (χ0v) is 17.5. The van der Waals surface area contributed by atoms with Crippen LogP contribution in [-0.4, -0.2) is 66.2 Å². The summed E-state index contributed by atoms with van der Waals surface area (Å²) in [5.41, 5.74) is 5.73. The number of alkyl halides is 3. The highest BCUT2D eigenvalue weighted by Gasteiger charge is 2.58. The third kappa shape index (κ3) is 4.31. The van der Waals surface area contributed by atoms with Gasteiger partial charge in [-0.3, -0.25) is 18.7 Å². The van der Waals surface area contributed by atoms with E-state index in [4.69, 9.17) is 50.0 Å². The smallest absolute Gasteiger partial charge is 0.355 e. The number of rotatable bonds is 5. The second kappa shape index (κ2) is 8.24. The van der Waals surface area contributed by atoms with Crippen molar-refractivity contribution in [3.8, 4) is 0 Å². The fourth-order valence-electron chi connectivity index (χ4n) is 2.50. The lowest BCUT2D eigenvalue weighted by molar-refractivity contribution is -0.151. The van der Waals surface area contributed by atoms with Crippen LogP contribution in [-0.2, 0) is 34.7 Å². The van der Waals surface area contributed by atoms with E-state index in [0.717, 1.165) is 4.90 Å². The lowest BCUT2D eigenvalue weighted by atomic mass is 10.0. The molecular formula is C13H15Cl3N2O6S2. The van der Waals surface area contributed by atoms with Gasteiger partial charge in [-0.2, -0.15) is 0 Å². The minimum atomic E-state index is -1.85. The Kier molecular flexibility index (Phi) is 6.90. The molecule has 4 atom stereocenters. The van der Waals surface area contributed by atoms with Gasteiger partial charge in [0.1, 0.15) is 34.9 Å². The van der Waals surface area contributed by atoms with Crippen molar-refractivity contribution in [2.45, 2.75) is 26.7 Å². The van der Waals surface area contributed by atoms with E-state index >= 15 is 0 Å². The normalized spacial score (nSPS) is 28.4. The van der Waals surface area contributed by atoms with Crippen LogP contribution in [0.1, 0.15) is 6.92 Å². The molecule has 0 aliphatic carbocycles. The van der Waals surface area contributed by atoms with Gasteiger partial charge in [0, 0.05) is 12.5 Å². The van der Waals surface area contributed by atoms with Crippen molar-refractivity contribution in [3.63, 3.8) is 0 Å². The zero-order valence-electron chi connectivity index (χ0n) is 13.6. The molecule has 8 nitrogen and oxygen atoms in total. The first-order valence-electron chi connectivity index (χ1n) is 7.10. The van der Waals surface area contributed by atoms with Crippen LogP contribution in [0.5, 0.6) is 0 Å². The molecule has 0 spiro atoms. The summed E-state index contributed by atoms with van der Waals surface area (Å²) in [5.74, 6) is -2.16. The Morgan fingerprint density at radius 1 is 1.35 bits per heavy atom. The number of hydrogen-bond acceptors (Lipinski definition) is 8. The molecule has 0 bridgehead atoms. The molecule has 26 heavy (non-hydrogen) atoms. The van der Waals surface area contributed by atoms with Crippen molar-refractivity contribution in [3.05, 3.63) is 11.3 Å². The van der Waals surface area contributed by atoms with Crippen LogP contribution in [0.15, 0.2) is 11.3 Å². The number of carbonyl (C=O) groups is 3. The number of nitrogens with zero attached hydrogens (tertiary/aromatic N) is 1. The molecule has 2 rings (SSSR count). The molecular weight excluding hydrogens is 451 g/mol. The summed E-state index contributed by atoms with van der Waals surface area (Å²) < 4.78 is 20.1. The van der Waals surface area contributed by atoms with Crippen molar-refractivity contribution >= 4 is 75.2 Å². The monoisotopic (exact) mass is 464 g/mol. The first-order valence-corrected chi connectivity index (χ1v) is 10.8. The van der Waals surface area contributed by atoms with Crippen LogP contribution in [0.4, 0.5) is 0 Å². The van der Waals surface area contributed by atoms with Crippen LogP contribution in [0.2, 0.25) is 0 Å². The van der Waals surface area contributed by atoms with E-state index in [1.165, 1.54) is 18.7 Å². The topological polar surface area (TPSA) is 116 Å². The quantitative estimate of drug-likeness (QED) is 0.358. The van der Waals surface area contributed by atoms with Crippen molar-refractivity contribution in [2.24, 2.45) is 5.73 Å². The Labute approximate surface area is 171 Å². The number of hydrogen-bond donors (Lipinski definition) is 1. The lowest BCUT2D eigenvalue weighted by Gasteiger charge is -2.49. The SMILES string of the molecule is CSC1C(COC(C)=O)=C(C(=O)OCC(Cl)(Cl)Cl)N2C(=O)[C@@H](N)[C@H]2S1=O. The summed E-state index contributed by atoms with van der Waals surface area (Å²) in [5, 5.41) is -0.878. The molecule has 1 amide bonds. The van der Waals surface area contributed by atoms with Gasteiger partial charge in [-0.1, -0.05) is 34.8 Å². The number of β-lactam (4-membered cyclic amide) rings is 1. The van der Waals surface area contributed by atoms with Crippen LogP contribution < -0.4 is 5.73 Å². The summed E-state index contributed by atoms with van der Waals surface area (Å²) in [6, 6.07) is -1.00. The van der Waals surface area contributed by atoms with Gasteiger partial charge in [-0.25, -0.2) is 4.79 Å². The highest BCUT2D eigenvalue weighted by Crippen LogP contribution is 2.41. The maximum Gasteiger partial charge on any atom is 0.355 e. The first-order chi connectivity index (χ1) is 12.0. The molecule has 13 heteroatoms. The molecule has 0 saturated carbocycles. The molecule has 0 aromatic heterocycles. The standard InChI is InChI=1S/C13H15Cl3N2O6S2/c1-5(19)23-3-6-8(11(21)24-4-13(14,15)16)18-9(20)7(17)10(18)26(22)12(6)25-2/h7,10,12H,3-4,17H2,1-2H3/t7-,10-,12?,26?/m1/s1. The van der Waals surface area contributed by atoms with Gasteiger partial charge in [0.15, 0.2) is 0 Å². The van der Waals surface area contributed by atoms with Crippen LogP contribution in [0.25, 0.3) is 0 Å². The average Bonchev–Trinajstić information content (AvgIpc) is 2.55. The summed E-state index contributed by atoms with van der Waals surface area (Å²) >= 11 is 17.9. The van der Waals surface area contributed by atoms with Gasteiger partial charge in [-0.05, 0) is 6.26 Å². The number of carbonyl (C=O) groups excluding carboxylic acids is 3. The maximum atomic E-state index is 12.7. The molecule has 146 valence electrons. The van der Waals surface area contributed by atoms with Crippen LogP contribution in [0.3, 0.4) is 0 Å². The van der Waals surface area contributed by atoms with Crippen LogP contribution >= 0.6 is 46.6 Å². The number of amides is 1. The predicted octanol–water partition coefficient (Wildman–Crippen LogP) is 0.664. The third-order valence-electron chi connectivity index (χ3n) is 3.57. The van der Waals surface area contributed by atoms with Crippen molar-refractivity contribution in [1.82, 2.24) is 4.90 Å². The maximum absolute atomic E-state index is 12.7. The molecule has 2 unspecified atom stereocenters. The number of nitrogens with two attached hydrogens (primary N) is 1. The Bertz CT molecular complexity index is 696. The van der Waals surface area contributed by atoms with Gasteiger partial charge in [0.05, 0.1) is 10.8 Å². The fourth-order valence-corrected chi connectivity index (χ4v) is 5.77. The first kappa shape index (κ1) is 21.8. The van der Waals surface area contributed by atoms with Crippen molar-refractivity contribution in [1.29, 1.82) is 0 Å². The van der Waals surface area contributed by atoms with E-state index in [2.05, 4.69) is 0 Å². The average molecular weight is 466 g/mol. The largest absolute Gasteiger partial charge is 0.461 e. The van der Waals surface area contributed by atoms with Gasteiger partial charge in [0.2, 0.25) is 9.70 Å². The number of ether oxygens (including phenoxy) is 2. The summed E-state index contributed by atoms with van der Waals surface area (Å²) in [7, 11) is -1.61. The van der Waals surface area contributed by atoms with Crippen LogP contribution in [0, 0.1) is 0 Å². The minimum Gasteiger partial charge on any atom is -0.461 e. The lowest BCUT2D eigenvalue weighted by Crippen LogP contribution is -2.72. The molecule has 0 aromatic rings. The van der Waals surface area contributed by atoms with E-state index < -0.39 is 55.0 Å². The molecule has 0 radical (unpaired) electrons. The second-order valence-corrected chi connectivity index (χ2v) is 10.7. The minimum absolute atomic E-state index is 0.178. The number of esters is 2. The zero-order chi connectivity index (χ0) is 19.8. The Hall–Kier alpha value is -0.520. The molecule has 1 fully saturated rings. The molecule has 0 aromatic carbocycles. The van der Waals surface area contributed by atoms with E-state index in [9.17, 15) is 18.6 Å². The summed E-state index contributed by atoms with van der Waals surface area (Å²) in [6.07, 6.45) is 1.67. The summed E-state index contributed by atoms with van der Waals surface area (Å²) in [4.78, 5) is 36.9. The molecule has 2 aliphatic rings. The van der Waals surface area contributed by atoms with E-state index in [1.54, 1.807) is 6.26 Å². The number of fused-ring (bicyclic) bond motifs is 1. The van der Waals surface area contributed by atoms with E-state index in [-0.39, 0.29) is 17.9 Å². The Morgan fingerprint density at radius 2 is 1.96 bits per heavy atom. The molecule has 2 aliphatic heterocycles. The fraction of sp³-hybridized carbons (Fsp3) is 0.615. The predicted molar refractivity (Wildman–Crippen MR) is 99.0 cm³/mol. The second-order valence-electron chi connectivity index (χ2n) is 5.37. The third-order valence-corrected chi connectivity index (χ3v) is 7.44. The van der Waals surface area contributed by atoms with Crippen molar-refractivity contribution < 1.29 is 28.1 Å². The van der Waals surface area contributed by atoms with E-state index in [1.807, 2.05) is 0 Å². The summed E-state index contributed by atoms with van der Waals surface area (Å²) in [6.45, 7) is 0.284. The van der Waals surface area contributed by atoms with Gasteiger partial charge in [0.25, 0.3) is 0 Å². The highest BCUT2D eigenvalue weighted by atomic mass is 35.6. The molecule has 2 N–H and O–H groups in total. The van der Waals surface area contributed by atoms with E-state index in [0.29, 0.717) is 0 Å². The Morgan fingerprint density at radius 3 is 2.46 bits per heavy atom. The Balaban J connectivity index is 2.45. The molecule has 2 heterocycles. The van der Waals surface area contributed by atoms with Gasteiger partial charge < -0.3 is 15.2 Å². The number of thioether (sulfide) groups is 1. The van der Waals surface area contributed by atoms with Crippen molar-refractivity contribution in [2.75, 3.05) is 19.5 Å². The molecule has 1 saturated heterocycles. The van der Waals surface area contributed by atoms with Gasteiger partial charge >= 0.3 is 11.9 Å².